The van der Waals surface area contributed by atoms with Crippen molar-refractivity contribution in [3.8, 4) is 5.88 Å². The fourth-order valence-electron chi connectivity index (χ4n) is 1.28. The van der Waals surface area contributed by atoms with Gasteiger partial charge in [-0.25, -0.2) is 0 Å². The predicted octanol–water partition coefficient (Wildman–Crippen LogP) is 0.897. The van der Waals surface area contributed by atoms with E-state index in [-0.39, 0.29) is 0 Å². The summed E-state index contributed by atoms with van der Waals surface area (Å²) in [6.07, 6.45) is -5.88. The molecule has 0 aliphatic carbocycles. The lowest BCUT2D eigenvalue weighted by Crippen LogP contribution is -2.23. The molecule has 1 heterocycles. The lowest BCUT2D eigenvalue weighted by Gasteiger charge is -2.09. The minimum Gasteiger partial charge on any atom is -0.469 e. The van der Waals surface area contributed by atoms with E-state index < -0.39 is 46.4 Å². The Morgan fingerprint density at radius 2 is 2.10 bits per heavy atom. The Morgan fingerprint density at radius 1 is 1.50 bits per heavy atom. The van der Waals surface area contributed by atoms with Gasteiger partial charge < -0.3 is 9.47 Å². The van der Waals surface area contributed by atoms with E-state index in [2.05, 4.69) is 9.47 Å². The zero-order valence-corrected chi connectivity index (χ0v) is 9.82. The van der Waals surface area contributed by atoms with Gasteiger partial charge in [0.1, 0.15) is 5.56 Å². The average molecular weight is 296 g/mol. The summed E-state index contributed by atoms with van der Waals surface area (Å²) >= 11 is 0. The zero-order chi connectivity index (χ0) is 15.5. The number of hydrogen-bond acceptors (Lipinski definition) is 6. The Kier molecular flexibility index (Phi) is 4.32. The van der Waals surface area contributed by atoms with Gasteiger partial charge in [0.15, 0.2) is 0 Å². The highest BCUT2D eigenvalue weighted by atomic mass is 19.4. The molecule has 20 heavy (non-hydrogen) atoms. The van der Waals surface area contributed by atoms with Crippen LogP contribution in [-0.2, 0) is 16.0 Å². The van der Waals surface area contributed by atoms with Gasteiger partial charge in [0.05, 0.1) is 24.5 Å². The fraction of sp³-hybridized carbons (Fsp3) is 0.333. The second-order valence-electron chi connectivity index (χ2n) is 3.38. The normalized spacial score (nSPS) is 11.0. The number of nitro groups is 1. The number of H-pyrrole nitrogens is 1. The van der Waals surface area contributed by atoms with Crippen molar-refractivity contribution in [2.45, 2.75) is 12.8 Å². The first-order valence-corrected chi connectivity index (χ1v) is 4.87. The molecular formula is C9H7F3N2O6. The zero-order valence-electron chi connectivity index (χ0n) is 9.82. The van der Waals surface area contributed by atoms with E-state index in [1.54, 1.807) is 4.98 Å². The summed E-state index contributed by atoms with van der Waals surface area (Å²) in [5.74, 6) is -2.11. The number of halogens is 3. The number of methoxy groups -OCH3 is 1. The Labute approximate surface area is 108 Å². The van der Waals surface area contributed by atoms with Crippen LogP contribution in [0.3, 0.4) is 0 Å². The summed E-state index contributed by atoms with van der Waals surface area (Å²) in [5.41, 5.74) is -2.85. The Bertz CT molecular complexity index is 594. The van der Waals surface area contributed by atoms with E-state index in [1.165, 1.54) is 0 Å². The number of carbonyl (C=O) groups is 1. The van der Waals surface area contributed by atoms with Crippen molar-refractivity contribution in [3.05, 3.63) is 32.1 Å². The summed E-state index contributed by atoms with van der Waals surface area (Å²) < 4.78 is 43.6. The smallest absolute Gasteiger partial charge is 0.469 e. The van der Waals surface area contributed by atoms with Crippen molar-refractivity contribution in [2.75, 3.05) is 7.11 Å². The molecule has 8 nitrogen and oxygen atoms in total. The lowest BCUT2D eigenvalue weighted by atomic mass is 10.1. The van der Waals surface area contributed by atoms with Crippen LogP contribution >= 0.6 is 0 Å². The van der Waals surface area contributed by atoms with Crippen LogP contribution in [0.25, 0.3) is 0 Å². The molecule has 0 spiro atoms. The van der Waals surface area contributed by atoms with Crippen LogP contribution in [0.4, 0.5) is 18.9 Å². The fourth-order valence-corrected chi connectivity index (χ4v) is 1.28. The molecule has 0 aliphatic rings. The Hall–Kier alpha value is -2.59. The van der Waals surface area contributed by atoms with Crippen molar-refractivity contribution >= 4 is 11.7 Å². The summed E-state index contributed by atoms with van der Waals surface area (Å²) in [4.78, 5) is 33.8. The Balaban J connectivity index is 3.30. The summed E-state index contributed by atoms with van der Waals surface area (Å²) in [5, 5.41) is 10.7. The minimum absolute atomic E-state index is 0.368. The van der Waals surface area contributed by atoms with Crippen molar-refractivity contribution in [1.29, 1.82) is 0 Å². The predicted molar refractivity (Wildman–Crippen MR) is 56.1 cm³/mol. The molecule has 1 N–H and O–H groups in total. The van der Waals surface area contributed by atoms with Crippen molar-refractivity contribution in [2.24, 2.45) is 0 Å². The maximum absolute atomic E-state index is 12.0. The number of rotatable bonds is 4. The van der Waals surface area contributed by atoms with Crippen LogP contribution in [0.2, 0.25) is 0 Å². The number of esters is 1. The van der Waals surface area contributed by atoms with Gasteiger partial charge in [-0.2, -0.15) is 0 Å². The second-order valence-corrected chi connectivity index (χ2v) is 3.38. The highest BCUT2D eigenvalue weighted by molar-refractivity contribution is 5.73. The number of nitrogens with zero attached hydrogens (tertiary/aromatic N) is 1. The SMILES string of the molecule is COC(=O)Cc1c([N+](=O)[O-])cc(OC(F)(F)F)[nH]c1=O. The first kappa shape index (κ1) is 15.5. The number of hydrogen-bond donors (Lipinski definition) is 1. The number of nitrogens with one attached hydrogen (secondary N) is 1. The number of pyridine rings is 1. The maximum Gasteiger partial charge on any atom is 0.574 e. The Morgan fingerprint density at radius 3 is 2.55 bits per heavy atom. The molecule has 0 aliphatic heterocycles. The third-order valence-electron chi connectivity index (χ3n) is 2.06. The monoisotopic (exact) mass is 296 g/mol. The number of ether oxygens (including phenoxy) is 2. The molecule has 110 valence electrons. The molecule has 1 rings (SSSR count). The van der Waals surface area contributed by atoms with Gasteiger partial charge in [0.25, 0.3) is 11.2 Å². The molecule has 11 heteroatoms. The van der Waals surface area contributed by atoms with Gasteiger partial charge in [-0.05, 0) is 0 Å². The number of carbonyl (C=O) groups excluding carboxylic acids is 1. The van der Waals surface area contributed by atoms with Gasteiger partial charge in [0.2, 0.25) is 5.88 Å². The summed E-state index contributed by atoms with van der Waals surface area (Å²) in [7, 11) is 0.990. The molecule has 0 bridgehead atoms. The lowest BCUT2D eigenvalue weighted by molar-refractivity contribution is -0.385. The molecule has 0 unspecified atom stereocenters. The minimum atomic E-state index is -5.12. The highest BCUT2D eigenvalue weighted by Crippen LogP contribution is 2.25. The summed E-state index contributed by atoms with van der Waals surface area (Å²) in [6, 6.07) is 0.368. The maximum atomic E-state index is 12.0. The van der Waals surface area contributed by atoms with Gasteiger partial charge in [-0.15, -0.1) is 13.2 Å². The largest absolute Gasteiger partial charge is 0.574 e. The molecule has 0 fully saturated rings. The van der Waals surface area contributed by atoms with Crippen molar-refractivity contribution in [3.63, 3.8) is 0 Å². The highest BCUT2D eigenvalue weighted by Gasteiger charge is 2.33. The summed E-state index contributed by atoms with van der Waals surface area (Å²) in [6.45, 7) is 0. The van der Waals surface area contributed by atoms with E-state index >= 15 is 0 Å². The van der Waals surface area contributed by atoms with Crippen LogP contribution in [0.1, 0.15) is 5.56 Å². The number of aromatic amines is 1. The molecule has 0 atom stereocenters. The molecule has 0 aromatic carbocycles. The van der Waals surface area contributed by atoms with E-state index in [9.17, 15) is 32.9 Å². The van der Waals surface area contributed by atoms with Crippen LogP contribution in [0.5, 0.6) is 5.88 Å². The average Bonchev–Trinajstić information content (AvgIpc) is 2.29. The van der Waals surface area contributed by atoms with E-state index in [1.807, 2.05) is 0 Å². The molecule has 1 aromatic rings. The molecule has 0 saturated heterocycles. The third-order valence-corrected chi connectivity index (χ3v) is 2.06. The molecule has 0 radical (unpaired) electrons. The van der Waals surface area contributed by atoms with E-state index in [0.29, 0.717) is 6.07 Å². The molecular weight excluding hydrogens is 289 g/mol. The van der Waals surface area contributed by atoms with E-state index in [0.717, 1.165) is 7.11 Å². The number of alkyl halides is 3. The standard InChI is InChI=1S/C9H7F3N2O6/c1-19-7(15)2-4-5(14(17)18)3-6(13-8(4)16)20-9(10,11)12/h3H,2H2,1H3,(H,13,16). The van der Waals surface area contributed by atoms with Crippen LogP contribution in [-0.4, -0.2) is 29.3 Å². The van der Waals surface area contributed by atoms with Gasteiger partial charge in [-0.1, -0.05) is 0 Å². The van der Waals surface area contributed by atoms with E-state index in [4.69, 9.17) is 0 Å². The third kappa shape index (κ3) is 3.96. The van der Waals surface area contributed by atoms with Crippen molar-refractivity contribution < 1.29 is 32.4 Å². The second kappa shape index (κ2) is 5.59. The first-order valence-electron chi connectivity index (χ1n) is 4.87. The topological polar surface area (TPSA) is 112 Å². The molecule has 1 aromatic heterocycles. The number of aromatic nitrogens is 1. The molecule has 0 saturated carbocycles. The van der Waals surface area contributed by atoms with Gasteiger partial charge in [-0.3, -0.25) is 24.7 Å². The van der Waals surface area contributed by atoms with Crippen LogP contribution < -0.4 is 10.3 Å². The molecule has 0 amide bonds. The quantitative estimate of drug-likeness (QED) is 0.502. The van der Waals surface area contributed by atoms with Gasteiger partial charge in [0, 0.05) is 0 Å². The van der Waals surface area contributed by atoms with Crippen LogP contribution in [0.15, 0.2) is 10.9 Å². The first-order chi connectivity index (χ1) is 9.14. The van der Waals surface area contributed by atoms with Gasteiger partial charge >= 0.3 is 12.3 Å². The van der Waals surface area contributed by atoms with Crippen molar-refractivity contribution in [1.82, 2.24) is 4.98 Å². The van der Waals surface area contributed by atoms with Crippen LogP contribution in [0, 0.1) is 10.1 Å².